The molecule has 10 heteroatoms. The number of fused-ring (bicyclic) bond motifs is 1. The van der Waals surface area contributed by atoms with E-state index in [4.69, 9.17) is 11.6 Å². The maximum absolute atomic E-state index is 12.6. The maximum atomic E-state index is 12.6. The Kier molecular flexibility index (Phi) is 4.90. The van der Waals surface area contributed by atoms with E-state index < -0.39 is 0 Å². The molecule has 1 atom stereocenters. The number of nitrogens with one attached hydrogen (secondary N) is 2. The van der Waals surface area contributed by atoms with Gasteiger partial charge < -0.3 is 0 Å². The second-order valence-electron chi connectivity index (χ2n) is 6.00. The van der Waals surface area contributed by atoms with E-state index in [1.807, 2.05) is 6.92 Å². The van der Waals surface area contributed by atoms with Crippen LogP contribution in [0.5, 0.6) is 0 Å². The largest absolute Gasteiger partial charge is 0.300 e. The number of amides is 2. The summed E-state index contributed by atoms with van der Waals surface area (Å²) in [7, 11) is 0. The lowest BCUT2D eigenvalue weighted by atomic mass is 10.1. The van der Waals surface area contributed by atoms with Crippen LogP contribution in [-0.2, 0) is 11.2 Å². The van der Waals surface area contributed by atoms with E-state index in [1.54, 1.807) is 24.3 Å². The van der Waals surface area contributed by atoms with Crippen LogP contribution in [0.3, 0.4) is 0 Å². The van der Waals surface area contributed by atoms with Crippen LogP contribution in [0.25, 0.3) is 0 Å². The van der Waals surface area contributed by atoms with Crippen molar-refractivity contribution in [1.29, 1.82) is 0 Å². The van der Waals surface area contributed by atoms with Crippen molar-refractivity contribution in [3.05, 3.63) is 50.4 Å². The third-order valence-corrected chi connectivity index (χ3v) is 6.17. The minimum atomic E-state index is -0.346. The lowest BCUT2D eigenvalue weighted by molar-refractivity contribution is -0.117. The van der Waals surface area contributed by atoms with Gasteiger partial charge in [0.15, 0.2) is 5.13 Å². The summed E-state index contributed by atoms with van der Waals surface area (Å²) in [5.74, 6) is -0.753. The highest BCUT2D eigenvalue weighted by molar-refractivity contribution is 7.16. The van der Waals surface area contributed by atoms with Crippen LogP contribution in [0.15, 0.2) is 24.3 Å². The molecule has 27 heavy (non-hydrogen) atoms. The first kappa shape index (κ1) is 18.0. The van der Waals surface area contributed by atoms with E-state index in [0.29, 0.717) is 27.3 Å². The maximum Gasteiger partial charge on any atom is 0.257 e. The topological polar surface area (TPSA) is 96.9 Å². The fourth-order valence-electron chi connectivity index (χ4n) is 2.85. The molecule has 3 aromatic rings. The quantitative estimate of drug-likeness (QED) is 0.668. The fraction of sp³-hybridized carbons (Fsp3) is 0.235. The molecule has 0 aliphatic heterocycles. The first-order valence-corrected chi connectivity index (χ1v) is 10.2. The van der Waals surface area contributed by atoms with E-state index in [0.717, 1.165) is 22.0 Å². The van der Waals surface area contributed by atoms with Crippen molar-refractivity contribution in [1.82, 2.24) is 15.2 Å². The Morgan fingerprint density at radius 1 is 1.11 bits per heavy atom. The molecule has 2 amide bonds. The third kappa shape index (κ3) is 3.85. The van der Waals surface area contributed by atoms with Gasteiger partial charge >= 0.3 is 0 Å². The molecule has 0 saturated heterocycles. The number of carbonyl (C=O) groups excluding carboxylic acids is 2. The SMILES string of the molecule is Cc1nnc(NC(=O)C2CCc3sc(NC(=O)c4ccc(Cl)cc4)nc32)s1. The summed E-state index contributed by atoms with van der Waals surface area (Å²) in [6, 6.07) is 6.63. The number of aryl methyl sites for hydroxylation is 2. The molecule has 0 saturated carbocycles. The Morgan fingerprint density at radius 3 is 2.59 bits per heavy atom. The number of anilines is 2. The highest BCUT2D eigenvalue weighted by atomic mass is 35.5. The number of benzene rings is 1. The van der Waals surface area contributed by atoms with Crippen molar-refractivity contribution in [2.75, 3.05) is 10.6 Å². The molecule has 2 N–H and O–H groups in total. The number of nitrogens with zero attached hydrogens (tertiary/aromatic N) is 3. The number of hydrogen-bond acceptors (Lipinski definition) is 7. The molecule has 0 radical (unpaired) electrons. The normalized spacial score (nSPS) is 15.4. The second kappa shape index (κ2) is 7.34. The smallest absolute Gasteiger partial charge is 0.257 e. The van der Waals surface area contributed by atoms with Gasteiger partial charge in [0, 0.05) is 15.5 Å². The Morgan fingerprint density at radius 2 is 1.89 bits per heavy atom. The minimum Gasteiger partial charge on any atom is -0.300 e. The number of hydrogen-bond donors (Lipinski definition) is 2. The number of rotatable bonds is 4. The van der Waals surface area contributed by atoms with Crippen LogP contribution < -0.4 is 10.6 Å². The molecule has 7 nitrogen and oxygen atoms in total. The van der Waals surface area contributed by atoms with Crippen LogP contribution in [0.2, 0.25) is 5.02 Å². The molecular weight excluding hydrogens is 406 g/mol. The zero-order valence-electron chi connectivity index (χ0n) is 14.2. The lowest BCUT2D eigenvalue weighted by Crippen LogP contribution is -2.20. The molecule has 2 aromatic heterocycles. The van der Waals surface area contributed by atoms with Crippen molar-refractivity contribution in [3.8, 4) is 0 Å². The zero-order valence-corrected chi connectivity index (χ0v) is 16.5. The van der Waals surface area contributed by atoms with E-state index >= 15 is 0 Å². The molecule has 4 rings (SSSR count). The third-order valence-electron chi connectivity index (χ3n) is 4.12. The monoisotopic (exact) mass is 419 g/mol. The van der Waals surface area contributed by atoms with Crippen molar-refractivity contribution in [3.63, 3.8) is 0 Å². The van der Waals surface area contributed by atoms with Gasteiger partial charge in [-0.05, 0) is 44.0 Å². The van der Waals surface area contributed by atoms with E-state index in [2.05, 4.69) is 25.8 Å². The number of thiazole rings is 1. The summed E-state index contributed by atoms with van der Waals surface area (Å²) >= 11 is 8.58. The molecular formula is C17H14ClN5O2S2. The van der Waals surface area contributed by atoms with Crippen LogP contribution in [0, 0.1) is 6.92 Å². The predicted octanol–water partition coefficient (Wildman–Crippen LogP) is 3.88. The lowest BCUT2D eigenvalue weighted by Gasteiger charge is -2.08. The molecule has 1 aromatic carbocycles. The molecule has 138 valence electrons. The van der Waals surface area contributed by atoms with Gasteiger partial charge in [0.1, 0.15) is 5.01 Å². The van der Waals surface area contributed by atoms with Gasteiger partial charge in [-0.3, -0.25) is 20.2 Å². The molecule has 0 bridgehead atoms. The zero-order chi connectivity index (χ0) is 19.0. The Bertz CT molecular complexity index is 1010. The summed E-state index contributed by atoms with van der Waals surface area (Å²) < 4.78 is 0. The van der Waals surface area contributed by atoms with Gasteiger partial charge in [0.2, 0.25) is 11.0 Å². The van der Waals surface area contributed by atoms with Crippen molar-refractivity contribution < 1.29 is 9.59 Å². The second-order valence-corrected chi connectivity index (χ2v) is 8.70. The van der Waals surface area contributed by atoms with Crippen molar-refractivity contribution >= 4 is 56.4 Å². The Labute approximate surface area is 167 Å². The average Bonchev–Trinajstić information content (AvgIpc) is 3.31. The van der Waals surface area contributed by atoms with Gasteiger partial charge in [-0.2, -0.15) is 0 Å². The number of carbonyl (C=O) groups is 2. The van der Waals surface area contributed by atoms with Crippen molar-refractivity contribution in [2.24, 2.45) is 0 Å². The van der Waals surface area contributed by atoms with Crippen molar-refractivity contribution in [2.45, 2.75) is 25.7 Å². The van der Waals surface area contributed by atoms with Gasteiger partial charge in [0.05, 0.1) is 11.6 Å². The van der Waals surface area contributed by atoms with E-state index in [1.165, 1.54) is 22.7 Å². The summed E-state index contributed by atoms with van der Waals surface area (Å²) in [5.41, 5.74) is 1.22. The van der Waals surface area contributed by atoms with Gasteiger partial charge in [-0.25, -0.2) is 4.98 Å². The molecule has 1 unspecified atom stereocenters. The Balaban J connectivity index is 1.46. The first-order valence-electron chi connectivity index (χ1n) is 8.17. The highest BCUT2D eigenvalue weighted by Gasteiger charge is 2.33. The van der Waals surface area contributed by atoms with Crippen LogP contribution >= 0.6 is 34.3 Å². The predicted molar refractivity (Wildman–Crippen MR) is 106 cm³/mol. The van der Waals surface area contributed by atoms with Gasteiger partial charge in [0.25, 0.3) is 5.91 Å². The number of halogens is 1. The van der Waals surface area contributed by atoms with E-state index in [9.17, 15) is 9.59 Å². The molecule has 1 aliphatic rings. The Hall–Kier alpha value is -2.36. The standard InChI is InChI=1S/C17H14ClN5O2S2/c1-8-22-23-17(26-8)21-15(25)11-6-7-12-13(11)19-16(27-12)20-14(24)9-2-4-10(18)5-3-9/h2-5,11H,6-7H2,1H3,(H,19,20,24)(H,21,23,25). The molecule has 1 aliphatic carbocycles. The van der Waals surface area contributed by atoms with E-state index in [-0.39, 0.29) is 17.7 Å². The summed E-state index contributed by atoms with van der Waals surface area (Å²) in [5, 5.41) is 15.7. The minimum absolute atomic E-state index is 0.147. The first-order chi connectivity index (χ1) is 13.0. The fourth-order valence-corrected chi connectivity index (χ4v) is 4.60. The van der Waals surface area contributed by atoms with Crippen LogP contribution in [-0.4, -0.2) is 27.0 Å². The van der Waals surface area contributed by atoms with Crippen LogP contribution in [0.1, 0.15) is 38.3 Å². The van der Waals surface area contributed by atoms with Gasteiger partial charge in [-0.15, -0.1) is 21.5 Å². The van der Waals surface area contributed by atoms with Crippen LogP contribution in [0.4, 0.5) is 10.3 Å². The summed E-state index contributed by atoms with van der Waals surface area (Å²) in [6.45, 7) is 1.83. The number of aromatic nitrogens is 3. The highest BCUT2D eigenvalue weighted by Crippen LogP contribution is 2.39. The molecule has 0 spiro atoms. The molecule has 0 fully saturated rings. The average molecular weight is 420 g/mol. The summed E-state index contributed by atoms with van der Waals surface area (Å²) in [6.07, 6.45) is 1.46. The molecule has 2 heterocycles. The van der Waals surface area contributed by atoms with Gasteiger partial charge in [-0.1, -0.05) is 22.9 Å². The summed E-state index contributed by atoms with van der Waals surface area (Å²) in [4.78, 5) is 30.4.